The summed E-state index contributed by atoms with van der Waals surface area (Å²) in [5.41, 5.74) is -0.406. The number of amides is 1. The number of carbonyl (C=O) groups is 1. The summed E-state index contributed by atoms with van der Waals surface area (Å²) in [6.45, 7) is 7.74. The summed E-state index contributed by atoms with van der Waals surface area (Å²) in [6.07, 6.45) is -2.33. The van der Waals surface area contributed by atoms with Crippen LogP contribution in [0.25, 0.3) is 0 Å². The summed E-state index contributed by atoms with van der Waals surface area (Å²) in [5.74, 6) is 0. The number of rotatable bonds is 1. The van der Waals surface area contributed by atoms with Crippen LogP contribution in [-0.2, 0) is 4.74 Å². The Morgan fingerprint density at radius 3 is 1.95 bits per heavy atom. The first-order valence-corrected chi connectivity index (χ1v) is 6.24. The maximum Gasteiger partial charge on any atom is 0.407 e. The third-order valence-corrected chi connectivity index (χ3v) is 2.06. The molecular formula is C12H23F3N2O2. The Hall–Kier alpha value is -0.980. The van der Waals surface area contributed by atoms with Gasteiger partial charge in [0.1, 0.15) is 5.60 Å². The number of alkyl halides is 3. The molecular weight excluding hydrogens is 261 g/mol. The lowest BCUT2D eigenvalue weighted by Crippen LogP contribution is -2.44. The predicted molar refractivity (Wildman–Crippen MR) is 67.0 cm³/mol. The number of hydrogen-bond donors (Lipinski definition) is 2. The molecule has 1 fully saturated rings. The molecule has 1 rings (SSSR count). The first-order valence-electron chi connectivity index (χ1n) is 6.24. The van der Waals surface area contributed by atoms with Gasteiger partial charge in [0.15, 0.2) is 0 Å². The lowest BCUT2D eigenvalue weighted by molar-refractivity contribution is -0.110. The van der Waals surface area contributed by atoms with E-state index in [0.29, 0.717) is 0 Å². The van der Waals surface area contributed by atoms with E-state index < -0.39 is 11.8 Å². The van der Waals surface area contributed by atoms with Gasteiger partial charge in [-0.25, -0.2) is 4.79 Å². The highest BCUT2D eigenvalue weighted by Crippen LogP contribution is 2.10. The number of alkyl carbamates (subject to hydrolysis) is 1. The van der Waals surface area contributed by atoms with E-state index in [1.807, 2.05) is 20.8 Å². The topological polar surface area (TPSA) is 50.4 Å². The van der Waals surface area contributed by atoms with E-state index in [4.69, 9.17) is 4.74 Å². The summed E-state index contributed by atoms with van der Waals surface area (Å²) in [7, 11) is 0. The molecule has 7 heteroatoms. The lowest BCUT2D eigenvalue weighted by atomic mass is 10.1. The molecule has 0 atom stereocenters. The molecule has 1 heterocycles. The number of halogens is 3. The second-order valence-corrected chi connectivity index (χ2v) is 5.45. The molecule has 19 heavy (non-hydrogen) atoms. The number of nitrogens with one attached hydrogen (secondary N) is 2. The van der Waals surface area contributed by atoms with Crippen molar-refractivity contribution in [2.24, 2.45) is 0 Å². The fraction of sp³-hybridized carbons (Fsp3) is 0.917. The van der Waals surface area contributed by atoms with E-state index in [9.17, 15) is 18.0 Å². The van der Waals surface area contributed by atoms with E-state index in [1.165, 1.54) is 0 Å². The molecule has 2 N–H and O–H groups in total. The highest BCUT2D eigenvalue weighted by atomic mass is 19.4. The van der Waals surface area contributed by atoms with Gasteiger partial charge < -0.3 is 15.4 Å². The minimum Gasteiger partial charge on any atom is -0.444 e. The molecule has 114 valence electrons. The maximum absolute atomic E-state index is 11.4. The molecule has 0 saturated carbocycles. The van der Waals surface area contributed by atoms with Gasteiger partial charge in [-0.15, -0.1) is 0 Å². The Kier molecular flexibility index (Phi) is 7.18. The van der Waals surface area contributed by atoms with Crippen molar-refractivity contribution in [3.8, 4) is 0 Å². The van der Waals surface area contributed by atoms with Crippen molar-refractivity contribution in [2.75, 3.05) is 13.1 Å². The molecule has 4 nitrogen and oxygen atoms in total. The van der Waals surface area contributed by atoms with Crippen molar-refractivity contribution in [2.45, 2.75) is 58.4 Å². The number of ether oxygens (including phenoxy) is 1. The fourth-order valence-electron chi connectivity index (χ4n) is 1.44. The molecule has 0 unspecified atom stereocenters. The summed E-state index contributed by atoms with van der Waals surface area (Å²) in [5, 5.41) is 6.12. The smallest absolute Gasteiger partial charge is 0.407 e. The van der Waals surface area contributed by atoms with Gasteiger partial charge >= 0.3 is 12.3 Å². The van der Waals surface area contributed by atoms with E-state index in [2.05, 4.69) is 10.6 Å². The van der Waals surface area contributed by atoms with Gasteiger partial charge in [-0.2, -0.15) is 13.2 Å². The van der Waals surface area contributed by atoms with Crippen LogP contribution in [0.1, 0.15) is 40.5 Å². The van der Waals surface area contributed by atoms with Crippen molar-refractivity contribution in [1.82, 2.24) is 10.6 Å². The second-order valence-electron chi connectivity index (χ2n) is 5.45. The van der Waals surface area contributed by atoms with Crippen LogP contribution in [0.4, 0.5) is 18.0 Å². The predicted octanol–water partition coefficient (Wildman–Crippen LogP) is 2.83. The number of piperidine rings is 1. The van der Waals surface area contributed by atoms with Crippen molar-refractivity contribution in [3.63, 3.8) is 0 Å². The normalized spacial score (nSPS) is 17.2. The average molecular weight is 284 g/mol. The van der Waals surface area contributed by atoms with Crippen LogP contribution in [0.15, 0.2) is 0 Å². The van der Waals surface area contributed by atoms with Gasteiger partial charge in [0.2, 0.25) is 0 Å². The standard InChI is InChI=1S/C10H20N2O2.C2H3F3/c1-10(2,3)14-9(13)12-8-4-6-11-7-5-8;1-2(3,4)5/h8,11H,4-7H2,1-3H3,(H,12,13);1H3. The van der Waals surface area contributed by atoms with Crippen LogP contribution in [0.5, 0.6) is 0 Å². The minimum absolute atomic E-state index is 0.188. The molecule has 1 amide bonds. The zero-order chi connectivity index (χ0) is 15.1. The summed E-state index contributed by atoms with van der Waals surface area (Å²) < 4.78 is 36.2. The van der Waals surface area contributed by atoms with Crippen molar-refractivity contribution in [3.05, 3.63) is 0 Å². The van der Waals surface area contributed by atoms with Crippen molar-refractivity contribution >= 4 is 6.09 Å². The fourth-order valence-corrected chi connectivity index (χ4v) is 1.44. The quantitative estimate of drug-likeness (QED) is 0.778. The Morgan fingerprint density at radius 2 is 1.58 bits per heavy atom. The SMILES string of the molecule is CC(C)(C)OC(=O)NC1CCNCC1.CC(F)(F)F. The van der Waals surface area contributed by atoms with Crippen LogP contribution < -0.4 is 10.6 Å². The van der Waals surface area contributed by atoms with Gasteiger partial charge in [0.25, 0.3) is 0 Å². The van der Waals surface area contributed by atoms with Gasteiger partial charge in [-0.05, 0) is 46.7 Å². The Bertz CT molecular complexity index is 263. The Morgan fingerprint density at radius 1 is 1.16 bits per heavy atom. The van der Waals surface area contributed by atoms with Gasteiger partial charge in [0, 0.05) is 13.0 Å². The summed E-state index contributed by atoms with van der Waals surface area (Å²) in [4.78, 5) is 11.4. The molecule has 0 bridgehead atoms. The largest absolute Gasteiger partial charge is 0.444 e. The van der Waals surface area contributed by atoms with Crippen LogP contribution in [0.2, 0.25) is 0 Å². The monoisotopic (exact) mass is 284 g/mol. The van der Waals surface area contributed by atoms with E-state index >= 15 is 0 Å². The molecule has 0 aromatic heterocycles. The first-order chi connectivity index (χ1) is 8.47. The lowest BCUT2D eigenvalue weighted by Gasteiger charge is -2.26. The Labute approximate surface area is 112 Å². The molecule has 0 aromatic carbocycles. The third kappa shape index (κ3) is 15.0. The zero-order valence-electron chi connectivity index (χ0n) is 11.9. The van der Waals surface area contributed by atoms with Crippen molar-refractivity contribution in [1.29, 1.82) is 0 Å². The second kappa shape index (κ2) is 7.57. The van der Waals surface area contributed by atoms with Gasteiger partial charge in [-0.1, -0.05) is 0 Å². The van der Waals surface area contributed by atoms with Gasteiger partial charge in [0.05, 0.1) is 0 Å². The molecule has 0 radical (unpaired) electrons. The maximum atomic E-state index is 11.4. The third-order valence-electron chi connectivity index (χ3n) is 2.06. The first kappa shape index (κ1) is 18.0. The van der Waals surface area contributed by atoms with Crippen LogP contribution in [0, 0.1) is 0 Å². The average Bonchev–Trinajstić information content (AvgIpc) is 2.12. The summed E-state index contributed by atoms with van der Waals surface area (Å²) >= 11 is 0. The minimum atomic E-state index is -4.00. The highest BCUT2D eigenvalue weighted by molar-refractivity contribution is 5.68. The van der Waals surface area contributed by atoms with Gasteiger partial charge in [-0.3, -0.25) is 0 Å². The van der Waals surface area contributed by atoms with Crippen LogP contribution in [0.3, 0.4) is 0 Å². The summed E-state index contributed by atoms with van der Waals surface area (Å²) in [6, 6.07) is 0.270. The molecule has 1 aliphatic rings. The van der Waals surface area contributed by atoms with Crippen LogP contribution in [-0.4, -0.2) is 37.0 Å². The molecule has 1 aliphatic heterocycles. The highest BCUT2D eigenvalue weighted by Gasteiger charge is 2.20. The zero-order valence-corrected chi connectivity index (χ0v) is 11.9. The molecule has 0 aromatic rings. The number of carbonyl (C=O) groups excluding carboxylic acids is 1. The molecule has 1 saturated heterocycles. The van der Waals surface area contributed by atoms with E-state index in [1.54, 1.807) is 0 Å². The Balaban J connectivity index is 0.000000555. The molecule has 0 aliphatic carbocycles. The van der Waals surface area contributed by atoms with Crippen LogP contribution >= 0.6 is 0 Å². The number of hydrogen-bond acceptors (Lipinski definition) is 3. The van der Waals surface area contributed by atoms with E-state index in [-0.39, 0.29) is 19.1 Å². The van der Waals surface area contributed by atoms with E-state index in [0.717, 1.165) is 25.9 Å². The van der Waals surface area contributed by atoms with Crippen molar-refractivity contribution < 1.29 is 22.7 Å². The molecule has 0 spiro atoms.